The van der Waals surface area contributed by atoms with Crippen LogP contribution in [0.3, 0.4) is 0 Å². The third-order valence-corrected chi connectivity index (χ3v) is 4.62. The first-order valence-corrected chi connectivity index (χ1v) is 7.60. The molecule has 106 valence electrons. The molecule has 1 aromatic carbocycles. The molecule has 3 rings (SSSR count). The van der Waals surface area contributed by atoms with Crippen LogP contribution in [0.2, 0.25) is 0 Å². The summed E-state index contributed by atoms with van der Waals surface area (Å²) >= 11 is 0. The quantitative estimate of drug-likeness (QED) is 0.928. The Balaban J connectivity index is 1.95. The minimum Gasteiger partial charge on any atom is -0.329 e. The fraction of sp³-hybridized carbons (Fsp3) is 0.471. The van der Waals surface area contributed by atoms with Crippen LogP contribution in [0, 0.1) is 5.92 Å². The van der Waals surface area contributed by atoms with Gasteiger partial charge in [0.2, 0.25) is 0 Å². The molecule has 0 spiro atoms. The Morgan fingerprint density at radius 3 is 2.95 bits per heavy atom. The van der Waals surface area contributed by atoms with Gasteiger partial charge in [0.05, 0.1) is 0 Å². The third-order valence-electron chi connectivity index (χ3n) is 4.62. The minimum absolute atomic E-state index is 0.296. The van der Waals surface area contributed by atoms with Gasteiger partial charge in [-0.05, 0) is 29.8 Å². The molecule has 20 heavy (non-hydrogen) atoms. The predicted octanol–water partition coefficient (Wildman–Crippen LogP) is 2.97. The van der Waals surface area contributed by atoms with E-state index in [1.165, 1.54) is 35.7 Å². The molecule has 3 heteroatoms. The van der Waals surface area contributed by atoms with E-state index in [0.717, 1.165) is 12.5 Å². The van der Waals surface area contributed by atoms with Gasteiger partial charge in [-0.1, -0.05) is 37.6 Å². The molecule has 1 saturated heterocycles. The second-order valence-corrected chi connectivity index (χ2v) is 5.76. The molecule has 0 saturated carbocycles. The molecule has 1 aliphatic heterocycles. The minimum atomic E-state index is 0.296. The Hall–Kier alpha value is -1.45. The van der Waals surface area contributed by atoms with E-state index in [-0.39, 0.29) is 0 Å². The highest BCUT2D eigenvalue weighted by molar-refractivity contribution is 5.85. The molecular formula is C17H23N3. The molecule has 2 N–H and O–H groups in total. The van der Waals surface area contributed by atoms with Crippen molar-refractivity contribution in [2.75, 3.05) is 19.6 Å². The summed E-state index contributed by atoms with van der Waals surface area (Å²) in [5.41, 5.74) is 7.37. The highest BCUT2D eigenvalue weighted by Crippen LogP contribution is 2.31. The van der Waals surface area contributed by atoms with Crippen molar-refractivity contribution in [1.29, 1.82) is 0 Å². The van der Waals surface area contributed by atoms with Gasteiger partial charge in [0.25, 0.3) is 0 Å². The second-order valence-electron chi connectivity index (χ2n) is 5.76. The molecule has 0 amide bonds. The van der Waals surface area contributed by atoms with Gasteiger partial charge in [-0.3, -0.25) is 9.88 Å². The standard InChI is InChI=1S/C17H23N3/c1-2-13-7-8-20(12-13)17(9-18)16-11-19-10-14-5-3-4-6-15(14)16/h3-6,10-11,13,17H,2,7-9,12,18H2,1H3. The van der Waals surface area contributed by atoms with E-state index in [2.05, 4.69) is 41.1 Å². The average molecular weight is 269 g/mol. The molecular weight excluding hydrogens is 246 g/mol. The summed E-state index contributed by atoms with van der Waals surface area (Å²) in [6.45, 7) is 5.27. The number of pyridine rings is 1. The molecule has 1 fully saturated rings. The van der Waals surface area contributed by atoms with Gasteiger partial charge in [-0.25, -0.2) is 0 Å². The number of aromatic nitrogens is 1. The fourth-order valence-electron chi connectivity index (χ4n) is 3.36. The maximum Gasteiger partial charge on any atom is 0.0491 e. The van der Waals surface area contributed by atoms with E-state index in [0.29, 0.717) is 12.6 Å². The van der Waals surface area contributed by atoms with Crippen LogP contribution in [-0.4, -0.2) is 29.5 Å². The number of nitrogens with zero attached hydrogens (tertiary/aromatic N) is 2. The molecule has 2 heterocycles. The Bertz CT molecular complexity index is 576. The van der Waals surface area contributed by atoms with Crippen LogP contribution in [0.15, 0.2) is 36.7 Å². The maximum atomic E-state index is 6.09. The lowest BCUT2D eigenvalue weighted by atomic mass is 10.0. The second kappa shape index (κ2) is 5.90. The highest BCUT2D eigenvalue weighted by atomic mass is 15.2. The van der Waals surface area contributed by atoms with E-state index >= 15 is 0 Å². The Kier molecular flexibility index (Phi) is 3.99. The molecule has 0 bridgehead atoms. The Morgan fingerprint density at radius 2 is 2.20 bits per heavy atom. The van der Waals surface area contributed by atoms with Crippen LogP contribution < -0.4 is 5.73 Å². The van der Waals surface area contributed by atoms with Crippen molar-refractivity contribution in [3.05, 3.63) is 42.2 Å². The monoisotopic (exact) mass is 269 g/mol. The van der Waals surface area contributed by atoms with E-state index in [1.54, 1.807) is 0 Å². The lowest BCUT2D eigenvalue weighted by molar-refractivity contribution is 0.242. The van der Waals surface area contributed by atoms with Crippen LogP contribution in [0.1, 0.15) is 31.4 Å². The zero-order valence-corrected chi connectivity index (χ0v) is 12.1. The summed E-state index contributed by atoms with van der Waals surface area (Å²) in [5, 5.41) is 2.49. The van der Waals surface area contributed by atoms with Crippen LogP contribution in [0.5, 0.6) is 0 Å². The summed E-state index contributed by atoms with van der Waals surface area (Å²) in [7, 11) is 0. The van der Waals surface area contributed by atoms with Crippen molar-refractivity contribution in [3.63, 3.8) is 0 Å². The molecule has 2 aromatic rings. The Labute approximate surface area is 120 Å². The highest BCUT2D eigenvalue weighted by Gasteiger charge is 2.28. The van der Waals surface area contributed by atoms with Crippen LogP contribution >= 0.6 is 0 Å². The summed E-state index contributed by atoms with van der Waals surface area (Å²) in [6.07, 6.45) is 6.50. The molecule has 3 nitrogen and oxygen atoms in total. The molecule has 2 unspecified atom stereocenters. The van der Waals surface area contributed by atoms with Gasteiger partial charge < -0.3 is 5.73 Å². The number of rotatable bonds is 4. The summed E-state index contributed by atoms with van der Waals surface area (Å²) in [6, 6.07) is 8.76. The van der Waals surface area contributed by atoms with Gasteiger partial charge in [0.15, 0.2) is 0 Å². The first-order chi connectivity index (χ1) is 9.83. The molecule has 0 aliphatic carbocycles. The molecule has 2 atom stereocenters. The first kappa shape index (κ1) is 13.5. The number of benzene rings is 1. The maximum absolute atomic E-state index is 6.09. The lowest BCUT2D eigenvalue weighted by Gasteiger charge is -2.27. The average Bonchev–Trinajstić information content (AvgIpc) is 2.97. The van der Waals surface area contributed by atoms with Crippen molar-refractivity contribution in [3.8, 4) is 0 Å². The number of hydrogen-bond donors (Lipinski definition) is 1. The Morgan fingerprint density at radius 1 is 1.35 bits per heavy atom. The fourth-order valence-corrected chi connectivity index (χ4v) is 3.36. The van der Waals surface area contributed by atoms with E-state index < -0.39 is 0 Å². The van der Waals surface area contributed by atoms with Crippen molar-refractivity contribution in [1.82, 2.24) is 9.88 Å². The summed E-state index contributed by atoms with van der Waals surface area (Å²) < 4.78 is 0. The number of likely N-dealkylation sites (tertiary alicyclic amines) is 1. The zero-order chi connectivity index (χ0) is 13.9. The van der Waals surface area contributed by atoms with Crippen molar-refractivity contribution < 1.29 is 0 Å². The molecule has 0 radical (unpaired) electrons. The number of hydrogen-bond acceptors (Lipinski definition) is 3. The van der Waals surface area contributed by atoms with Gasteiger partial charge in [-0.2, -0.15) is 0 Å². The normalized spacial score (nSPS) is 21.4. The van der Waals surface area contributed by atoms with Crippen molar-refractivity contribution >= 4 is 10.8 Å². The van der Waals surface area contributed by atoms with Crippen molar-refractivity contribution in [2.24, 2.45) is 11.7 Å². The van der Waals surface area contributed by atoms with E-state index in [1.807, 2.05) is 12.4 Å². The van der Waals surface area contributed by atoms with Crippen molar-refractivity contribution in [2.45, 2.75) is 25.8 Å². The van der Waals surface area contributed by atoms with Gasteiger partial charge in [0.1, 0.15) is 0 Å². The largest absolute Gasteiger partial charge is 0.329 e. The zero-order valence-electron chi connectivity index (χ0n) is 12.1. The predicted molar refractivity (Wildman–Crippen MR) is 83.5 cm³/mol. The van der Waals surface area contributed by atoms with Crippen LogP contribution in [0.4, 0.5) is 0 Å². The first-order valence-electron chi connectivity index (χ1n) is 7.60. The lowest BCUT2D eigenvalue weighted by Crippen LogP contribution is -2.32. The van der Waals surface area contributed by atoms with Crippen LogP contribution in [0.25, 0.3) is 10.8 Å². The third kappa shape index (κ3) is 2.43. The number of fused-ring (bicyclic) bond motifs is 1. The van der Waals surface area contributed by atoms with Gasteiger partial charge in [0, 0.05) is 36.9 Å². The topological polar surface area (TPSA) is 42.1 Å². The van der Waals surface area contributed by atoms with E-state index in [9.17, 15) is 0 Å². The number of nitrogens with two attached hydrogens (primary N) is 1. The van der Waals surface area contributed by atoms with E-state index in [4.69, 9.17) is 5.73 Å². The smallest absolute Gasteiger partial charge is 0.0491 e. The molecule has 1 aliphatic rings. The summed E-state index contributed by atoms with van der Waals surface area (Å²) in [4.78, 5) is 6.95. The summed E-state index contributed by atoms with van der Waals surface area (Å²) in [5.74, 6) is 0.826. The van der Waals surface area contributed by atoms with Gasteiger partial charge >= 0.3 is 0 Å². The van der Waals surface area contributed by atoms with Crippen LogP contribution in [-0.2, 0) is 0 Å². The van der Waals surface area contributed by atoms with Gasteiger partial charge in [-0.15, -0.1) is 0 Å². The SMILES string of the molecule is CCC1CCN(C(CN)c2cncc3ccccc23)C1. The molecule has 1 aromatic heterocycles.